The molecule has 0 atom stereocenters. The van der Waals surface area contributed by atoms with Crippen LogP contribution in [-0.2, 0) is 6.42 Å². The molecular formula is C20H15N3O. The number of ketones is 1. The summed E-state index contributed by atoms with van der Waals surface area (Å²) in [6, 6.07) is 19.4. The first-order chi connectivity index (χ1) is 11.8. The fourth-order valence-electron chi connectivity index (χ4n) is 2.72. The molecule has 0 saturated heterocycles. The van der Waals surface area contributed by atoms with Gasteiger partial charge in [0.25, 0.3) is 0 Å². The summed E-state index contributed by atoms with van der Waals surface area (Å²) in [5.41, 5.74) is 4.53. The number of imidazole rings is 1. The number of pyridine rings is 1. The second-order valence-electron chi connectivity index (χ2n) is 5.64. The van der Waals surface area contributed by atoms with Gasteiger partial charge in [0.05, 0.1) is 11.0 Å². The zero-order valence-corrected chi connectivity index (χ0v) is 12.9. The summed E-state index contributed by atoms with van der Waals surface area (Å²) in [6.07, 6.45) is 3.63. The van der Waals surface area contributed by atoms with E-state index < -0.39 is 0 Å². The van der Waals surface area contributed by atoms with Crippen LogP contribution in [0.3, 0.4) is 0 Å². The highest BCUT2D eigenvalue weighted by molar-refractivity contribution is 5.97. The van der Waals surface area contributed by atoms with Crippen molar-refractivity contribution in [3.8, 4) is 11.4 Å². The van der Waals surface area contributed by atoms with E-state index in [1.165, 1.54) is 0 Å². The number of hydrogen-bond acceptors (Lipinski definition) is 3. The highest BCUT2D eigenvalue weighted by atomic mass is 16.1. The second-order valence-corrected chi connectivity index (χ2v) is 5.64. The van der Waals surface area contributed by atoms with Gasteiger partial charge in [-0.15, -0.1) is 0 Å². The van der Waals surface area contributed by atoms with Crippen molar-refractivity contribution in [1.82, 2.24) is 15.0 Å². The zero-order valence-electron chi connectivity index (χ0n) is 12.9. The first-order valence-electron chi connectivity index (χ1n) is 7.77. The predicted octanol–water partition coefficient (Wildman–Crippen LogP) is 4.05. The Labute approximate surface area is 139 Å². The fraction of sp³-hybridized carbons (Fsp3) is 0.0500. The van der Waals surface area contributed by atoms with Gasteiger partial charge in [-0.25, -0.2) is 4.98 Å². The van der Waals surface area contributed by atoms with E-state index in [1.807, 2.05) is 48.5 Å². The molecule has 1 N–H and O–H groups in total. The van der Waals surface area contributed by atoms with Gasteiger partial charge >= 0.3 is 0 Å². The number of H-pyrrole nitrogens is 1. The van der Waals surface area contributed by atoms with E-state index >= 15 is 0 Å². The summed E-state index contributed by atoms with van der Waals surface area (Å²) in [6.45, 7) is 0. The average Bonchev–Trinajstić information content (AvgIpc) is 3.06. The highest BCUT2D eigenvalue weighted by Gasteiger charge is 2.09. The number of hydrogen-bond donors (Lipinski definition) is 1. The van der Waals surface area contributed by atoms with Gasteiger partial charge in [-0.1, -0.05) is 36.4 Å². The van der Waals surface area contributed by atoms with Crippen LogP contribution >= 0.6 is 0 Å². The summed E-state index contributed by atoms with van der Waals surface area (Å²) in [5.74, 6) is 0.919. The molecule has 0 bridgehead atoms. The van der Waals surface area contributed by atoms with Gasteiger partial charge in [0, 0.05) is 29.9 Å². The lowest BCUT2D eigenvalue weighted by Crippen LogP contribution is -2.03. The molecule has 0 spiro atoms. The number of aromatic amines is 1. The number of nitrogens with one attached hydrogen (secondary N) is 1. The van der Waals surface area contributed by atoms with Gasteiger partial charge in [-0.3, -0.25) is 9.78 Å². The Balaban J connectivity index is 1.63. The van der Waals surface area contributed by atoms with E-state index in [9.17, 15) is 4.79 Å². The fourth-order valence-corrected chi connectivity index (χ4v) is 2.72. The van der Waals surface area contributed by atoms with Crippen LogP contribution in [0.15, 0.2) is 73.1 Å². The lowest BCUT2D eigenvalue weighted by molar-refractivity contribution is 0.0993. The van der Waals surface area contributed by atoms with Gasteiger partial charge in [0.2, 0.25) is 0 Å². The number of aromatic nitrogens is 3. The molecule has 2 heterocycles. The van der Waals surface area contributed by atoms with E-state index in [0.717, 1.165) is 28.0 Å². The SMILES string of the molecule is O=C(Cc1ccc2nc(-c3ccccc3)[nH]c2c1)c1ccncc1. The van der Waals surface area contributed by atoms with Gasteiger partial charge < -0.3 is 4.98 Å². The van der Waals surface area contributed by atoms with Crippen LogP contribution in [0.25, 0.3) is 22.4 Å². The van der Waals surface area contributed by atoms with E-state index in [-0.39, 0.29) is 5.78 Å². The van der Waals surface area contributed by atoms with Crippen LogP contribution in [0.5, 0.6) is 0 Å². The van der Waals surface area contributed by atoms with Crippen molar-refractivity contribution in [2.75, 3.05) is 0 Å². The molecule has 0 saturated carbocycles. The molecule has 4 rings (SSSR count). The molecule has 0 aliphatic heterocycles. The maximum absolute atomic E-state index is 12.3. The number of benzene rings is 2. The maximum atomic E-state index is 12.3. The molecule has 0 amide bonds. The summed E-state index contributed by atoms with van der Waals surface area (Å²) >= 11 is 0. The molecule has 116 valence electrons. The average molecular weight is 313 g/mol. The Hall–Kier alpha value is -3.27. The van der Waals surface area contributed by atoms with E-state index in [1.54, 1.807) is 24.5 Å². The molecule has 4 heteroatoms. The van der Waals surface area contributed by atoms with Crippen LogP contribution in [0.2, 0.25) is 0 Å². The van der Waals surface area contributed by atoms with Crippen LogP contribution in [0.1, 0.15) is 15.9 Å². The first-order valence-corrected chi connectivity index (χ1v) is 7.77. The molecule has 0 aliphatic rings. The quantitative estimate of drug-likeness (QED) is 0.578. The largest absolute Gasteiger partial charge is 0.338 e. The number of carbonyl (C=O) groups is 1. The summed E-state index contributed by atoms with van der Waals surface area (Å²) < 4.78 is 0. The second kappa shape index (κ2) is 6.08. The molecule has 0 aliphatic carbocycles. The molecule has 0 unspecified atom stereocenters. The topological polar surface area (TPSA) is 58.6 Å². The minimum absolute atomic E-state index is 0.0829. The smallest absolute Gasteiger partial charge is 0.167 e. The lowest BCUT2D eigenvalue weighted by Gasteiger charge is -2.01. The normalized spacial score (nSPS) is 10.8. The van der Waals surface area contributed by atoms with Crippen molar-refractivity contribution in [2.45, 2.75) is 6.42 Å². The van der Waals surface area contributed by atoms with Crippen molar-refractivity contribution in [3.05, 3.63) is 84.2 Å². The standard InChI is InChI=1S/C20H15N3O/c24-19(15-8-10-21-11-9-15)13-14-6-7-17-18(12-14)23-20(22-17)16-4-2-1-3-5-16/h1-12H,13H2,(H,22,23). The molecular weight excluding hydrogens is 298 g/mol. The third-order valence-corrected chi connectivity index (χ3v) is 3.96. The van der Waals surface area contributed by atoms with Gasteiger partial charge in [-0.05, 0) is 29.8 Å². The van der Waals surface area contributed by atoms with Crippen molar-refractivity contribution in [3.63, 3.8) is 0 Å². The van der Waals surface area contributed by atoms with Crippen molar-refractivity contribution >= 4 is 16.8 Å². The van der Waals surface area contributed by atoms with Crippen molar-refractivity contribution in [2.24, 2.45) is 0 Å². The number of nitrogens with zero attached hydrogens (tertiary/aromatic N) is 2. The Kier molecular flexibility index (Phi) is 3.63. The summed E-state index contributed by atoms with van der Waals surface area (Å²) in [7, 11) is 0. The third kappa shape index (κ3) is 2.82. The van der Waals surface area contributed by atoms with Gasteiger partial charge in [0.15, 0.2) is 5.78 Å². The molecule has 0 fully saturated rings. The Bertz CT molecular complexity index is 991. The lowest BCUT2D eigenvalue weighted by atomic mass is 10.0. The molecule has 4 aromatic rings. The van der Waals surface area contributed by atoms with E-state index in [0.29, 0.717) is 12.0 Å². The minimum Gasteiger partial charge on any atom is -0.338 e. The zero-order chi connectivity index (χ0) is 16.4. The first kappa shape index (κ1) is 14.3. The maximum Gasteiger partial charge on any atom is 0.167 e. The minimum atomic E-state index is 0.0829. The van der Waals surface area contributed by atoms with Crippen LogP contribution in [-0.4, -0.2) is 20.7 Å². The monoisotopic (exact) mass is 313 g/mol. The summed E-state index contributed by atoms with van der Waals surface area (Å²) in [5, 5.41) is 0. The third-order valence-electron chi connectivity index (χ3n) is 3.96. The van der Waals surface area contributed by atoms with E-state index in [4.69, 9.17) is 0 Å². The number of Topliss-reactive ketones (excluding diaryl/α,β-unsaturated/α-hetero) is 1. The Morgan fingerprint density at radius 2 is 1.75 bits per heavy atom. The van der Waals surface area contributed by atoms with Gasteiger partial charge in [-0.2, -0.15) is 0 Å². The van der Waals surface area contributed by atoms with Crippen LogP contribution < -0.4 is 0 Å². The molecule has 24 heavy (non-hydrogen) atoms. The highest BCUT2D eigenvalue weighted by Crippen LogP contribution is 2.21. The molecule has 2 aromatic heterocycles. The van der Waals surface area contributed by atoms with Crippen LogP contribution in [0.4, 0.5) is 0 Å². The molecule has 4 nitrogen and oxygen atoms in total. The predicted molar refractivity (Wildman–Crippen MR) is 93.8 cm³/mol. The molecule has 2 aromatic carbocycles. The van der Waals surface area contributed by atoms with Crippen molar-refractivity contribution in [1.29, 1.82) is 0 Å². The van der Waals surface area contributed by atoms with E-state index in [2.05, 4.69) is 15.0 Å². The van der Waals surface area contributed by atoms with Gasteiger partial charge in [0.1, 0.15) is 5.82 Å². The molecule has 0 radical (unpaired) electrons. The number of fused-ring (bicyclic) bond motifs is 1. The number of rotatable bonds is 4. The Morgan fingerprint density at radius 1 is 0.958 bits per heavy atom. The van der Waals surface area contributed by atoms with Crippen molar-refractivity contribution < 1.29 is 4.79 Å². The summed E-state index contributed by atoms with van der Waals surface area (Å²) in [4.78, 5) is 24.2. The number of carbonyl (C=O) groups excluding carboxylic acids is 1. The Morgan fingerprint density at radius 3 is 2.54 bits per heavy atom. The van der Waals surface area contributed by atoms with Crippen LogP contribution in [0, 0.1) is 0 Å².